The smallest absolute Gasteiger partial charge is 0.235 e. The molecule has 0 saturated heterocycles. The van der Waals surface area contributed by atoms with Gasteiger partial charge in [-0.25, -0.2) is 4.98 Å². The minimum Gasteiger partial charge on any atom is -0.310 e. The number of aromatic nitrogens is 1. The predicted octanol–water partition coefficient (Wildman–Crippen LogP) is 1.59. The Hall–Kier alpha value is -1.54. The molecular formula is C10H11N3OS. The van der Waals surface area contributed by atoms with Gasteiger partial charge < -0.3 is 5.32 Å². The molecule has 1 aromatic heterocycles. The molecule has 4 nitrogen and oxygen atoms in total. The van der Waals surface area contributed by atoms with Gasteiger partial charge in [0.15, 0.2) is 0 Å². The number of hydrogen-bond acceptors (Lipinski definition) is 4. The lowest BCUT2D eigenvalue weighted by atomic mass is 10.3. The zero-order valence-electron chi connectivity index (χ0n) is 8.36. The van der Waals surface area contributed by atoms with Gasteiger partial charge in [-0.3, -0.25) is 4.79 Å². The van der Waals surface area contributed by atoms with Crippen molar-refractivity contribution in [2.75, 3.05) is 16.8 Å². The van der Waals surface area contributed by atoms with E-state index in [4.69, 9.17) is 5.26 Å². The summed E-state index contributed by atoms with van der Waals surface area (Å²) in [6, 6.07) is 5.59. The molecule has 0 fully saturated rings. The third-order valence-electron chi connectivity index (χ3n) is 1.58. The predicted molar refractivity (Wildman–Crippen MR) is 60.5 cm³/mol. The Morgan fingerprint density at radius 2 is 2.47 bits per heavy atom. The van der Waals surface area contributed by atoms with Gasteiger partial charge in [0.1, 0.15) is 5.82 Å². The van der Waals surface area contributed by atoms with Crippen LogP contribution in [0.25, 0.3) is 0 Å². The van der Waals surface area contributed by atoms with Crippen LogP contribution in [0.2, 0.25) is 0 Å². The Labute approximate surface area is 92.7 Å². The standard InChI is InChI=1S/C10H11N3OS/c1-8-2-3-9(12-6-8)13-10(14)7-15-5-4-11/h2-3,6H,5,7H2,1H3,(H,12,13,14). The van der Waals surface area contributed by atoms with E-state index in [1.165, 1.54) is 11.8 Å². The second kappa shape index (κ2) is 6.04. The number of carbonyl (C=O) groups excluding carboxylic acids is 1. The Morgan fingerprint density at radius 1 is 1.67 bits per heavy atom. The number of pyridine rings is 1. The maximum absolute atomic E-state index is 11.3. The number of amides is 1. The number of nitrogens with one attached hydrogen (secondary N) is 1. The lowest BCUT2D eigenvalue weighted by Crippen LogP contribution is -2.15. The molecule has 0 bridgehead atoms. The molecule has 5 heteroatoms. The second-order valence-electron chi connectivity index (χ2n) is 2.92. The third-order valence-corrected chi connectivity index (χ3v) is 2.38. The molecule has 0 atom stereocenters. The number of anilines is 1. The van der Waals surface area contributed by atoms with Gasteiger partial charge in [0.2, 0.25) is 5.91 Å². The van der Waals surface area contributed by atoms with Crippen LogP contribution in [0.5, 0.6) is 0 Å². The van der Waals surface area contributed by atoms with Crippen molar-refractivity contribution in [2.24, 2.45) is 0 Å². The average molecular weight is 221 g/mol. The number of nitriles is 1. The lowest BCUT2D eigenvalue weighted by molar-refractivity contribution is -0.113. The van der Waals surface area contributed by atoms with E-state index in [0.29, 0.717) is 11.6 Å². The van der Waals surface area contributed by atoms with E-state index < -0.39 is 0 Å². The molecule has 1 amide bonds. The van der Waals surface area contributed by atoms with Gasteiger partial charge in [-0.1, -0.05) is 6.07 Å². The molecule has 0 saturated carbocycles. The molecule has 1 heterocycles. The summed E-state index contributed by atoms with van der Waals surface area (Å²) in [5.74, 6) is 1.02. The van der Waals surface area contributed by atoms with Crippen molar-refractivity contribution in [3.05, 3.63) is 23.9 Å². The Kier molecular flexibility index (Phi) is 4.64. The molecule has 0 aliphatic carbocycles. The molecule has 0 unspecified atom stereocenters. The fourth-order valence-corrected chi connectivity index (χ4v) is 1.36. The van der Waals surface area contributed by atoms with Gasteiger partial charge in [0, 0.05) is 6.20 Å². The molecule has 15 heavy (non-hydrogen) atoms. The molecule has 0 radical (unpaired) electrons. The summed E-state index contributed by atoms with van der Waals surface area (Å²) >= 11 is 1.28. The van der Waals surface area contributed by atoms with Crippen LogP contribution < -0.4 is 5.32 Å². The van der Waals surface area contributed by atoms with E-state index >= 15 is 0 Å². The average Bonchev–Trinajstić information content (AvgIpc) is 2.22. The summed E-state index contributed by atoms with van der Waals surface area (Å²) < 4.78 is 0. The quantitative estimate of drug-likeness (QED) is 0.784. The molecule has 0 aliphatic rings. The van der Waals surface area contributed by atoms with Crippen molar-refractivity contribution in [1.29, 1.82) is 5.26 Å². The zero-order valence-corrected chi connectivity index (χ0v) is 9.17. The van der Waals surface area contributed by atoms with Crippen LogP contribution in [0.15, 0.2) is 18.3 Å². The van der Waals surface area contributed by atoms with Crippen LogP contribution in [0.4, 0.5) is 5.82 Å². The molecule has 1 rings (SSSR count). The van der Waals surface area contributed by atoms with E-state index in [-0.39, 0.29) is 11.7 Å². The van der Waals surface area contributed by atoms with Crippen LogP contribution in [-0.4, -0.2) is 22.4 Å². The highest BCUT2D eigenvalue weighted by molar-refractivity contribution is 8.00. The highest BCUT2D eigenvalue weighted by Gasteiger charge is 2.02. The first-order valence-corrected chi connectivity index (χ1v) is 5.55. The van der Waals surface area contributed by atoms with Gasteiger partial charge in [-0.15, -0.1) is 11.8 Å². The van der Waals surface area contributed by atoms with E-state index in [2.05, 4.69) is 10.3 Å². The maximum Gasteiger partial charge on any atom is 0.235 e. The highest BCUT2D eigenvalue weighted by Crippen LogP contribution is 2.05. The molecular weight excluding hydrogens is 210 g/mol. The summed E-state index contributed by atoms with van der Waals surface area (Å²) in [4.78, 5) is 15.3. The van der Waals surface area contributed by atoms with E-state index in [0.717, 1.165) is 5.56 Å². The number of hydrogen-bond donors (Lipinski definition) is 1. The van der Waals surface area contributed by atoms with Gasteiger partial charge in [-0.05, 0) is 18.6 Å². The van der Waals surface area contributed by atoms with Crippen LogP contribution in [0.1, 0.15) is 5.56 Å². The molecule has 0 spiro atoms. The van der Waals surface area contributed by atoms with Crippen LogP contribution >= 0.6 is 11.8 Å². The fraction of sp³-hybridized carbons (Fsp3) is 0.300. The Balaban J connectivity index is 2.38. The fourth-order valence-electron chi connectivity index (χ4n) is 0.910. The minimum absolute atomic E-state index is 0.133. The normalized spacial score (nSPS) is 9.33. The first-order chi connectivity index (χ1) is 7.22. The largest absolute Gasteiger partial charge is 0.310 e. The first-order valence-electron chi connectivity index (χ1n) is 4.39. The zero-order chi connectivity index (χ0) is 11.1. The van der Waals surface area contributed by atoms with Crippen molar-refractivity contribution < 1.29 is 4.79 Å². The molecule has 0 aromatic carbocycles. The SMILES string of the molecule is Cc1ccc(NC(=O)CSCC#N)nc1. The summed E-state index contributed by atoms with van der Waals surface area (Å²) in [6.45, 7) is 1.93. The molecule has 1 N–H and O–H groups in total. The van der Waals surface area contributed by atoms with Crippen molar-refractivity contribution in [2.45, 2.75) is 6.92 Å². The first kappa shape index (κ1) is 11.5. The second-order valence-corrected chi connectivity index (χ2v) is 3.91. The van der Waals surface area contributed by atoms with E-state index in [1.54, 1.807) is 12.3 Å². The Bertz CT molecular complexity index is 369. The van der Waals surface area contributed by atoms with Crippen molar-refractivity contribution >= 4 is 23.5 Å². The van der Waals surface area contributed by atoms with Gasteiger partial charge in [-0.2, -0.15) is 5.26 Å². The molecule has 78 valence electrons. The summed E-state index contributed by atoms with van der Waals surface area (Å²) in [6.07, 6.45) is 1.69. The van der Waals surface area contributed by atoms with Crippen LogP contribution in [-0.2, 0) is 4.79 Å². The number of aryl methyl sites for hydroxylation is 1. The summed E-state index contributed by atoms with van der Waals surface area (Å²) in [5, 5.41) is 10.9. The Morgan fingerprint density at radius 3 is 3.07 bits per heavy atom. The lowest BCUT2D eigenvalue weighted by Gasteiger charge is -2.02. The molecule has 0 aliphatic heterocycles. The molecule has 1 aromatic rings. The van der Waals surface area contributed by atoms with Crippen molar-refractivity contribution in [3.8, 4) is 6.07 Å². The number of carbonyl (C=O) groups is 1. The van der Waals surface area contributed by atoms with Crippen molar-refractivity contribution in [1.82, 2.24) is 4.98 Å². The van der Waals surface area contributed by atoms with Crippen LogP contribution in [0.3, 0.4) is 0 Å². The van der Waals surface area contributed by atoms with E-state index in [1.807, 2.05) is 19.1 Å². The van der Waals surface area contributed by atoms with Gasteiger partial charge in [0.25, 0.3) is 0 Å². The summed E-state index contributed by atoms with van der Waals surface area (Å²) in [5.41, 5.74) is 1.05. The summed E-state index contributed by atoms with van der Waals surface area (Å²) in [7, 11) is 0. The number of nitrogens with zero attached hydrogens (tertiary/aromatic N) is 2. The van der Waals surface area contributed by atoms with Crippen LogP contribution in [0, 0.1) is 18.3 Å². The van der Waals surface area contributed by atoms with E-state index in [9.17, 15) is 4.79 Å². The number of rotatable bonds is 4. The monoisotopic (exact) mass is 221 g/mol. The topological polar surface area (TPSA) is 65.8 Å². The minimum atomic E-state index is -0.133. The van der Waals surface area contributed by atoms with Crippen molar-refractivity contribution in [3.63, 3.8) is 0 Å². The van der Waals surface area contributed by atoms with Gasteiger partial charge in [0.05, 0.1) is 17.6 Å². The van der Waals surface area contributed by atoms with Gasteiger partial charge >= 0.3 is 0 Å². The third kappa shape index (κ3) is 4.47. The maximum atomic E-state index is 11.3. The number of thioether (sulfide) groups is 1. The highest BCUT2D eigenvalue weighted by atomic mass is 32.2.